The largest absolute Gasteiger partial charge is 0.407 e. The zero-order chi connectivity index (χ0) is 22.1. The highest BCUT2D eigenvalue weighted by Crippen LogP contribution is 2.29. The van der Waals surface area contributed by atoms with E-state index in [2.05, 4.69) is 15.5 Å². The average molecular weight is 483 g/mol. The molecule has 0 bridgehead atoms. The van der Waals surface area contributed by atoms with Crippen molar-refractivity contribution in [1.82, 2.24) is 14.5 Å². The lowest BCUT2D eigenvalue weighted by Gasteiger charge is -2.21. The van der Waals surface area contributed by atoms with Crippen molar-refractivity contribution in [3.8, 4) is 0 Å². The van der Waals surface area contributed by atoms with Crippen LogP contribution < -0.4 is 5.32 Å². The van der Waals surface area contributed by atoms with E-state index in [-0.39, 0.29) is 27.6 Å². The number of benzene rings is 1. The maximum atomic E-state index is 12.8. The van der Waals surface area contributed by atoms with Crippen molar-refractivity contribution in [2.45, 2.75) is 33.7 Å². The minimum atomic E-state index is -3.79. The molecule has 1 aliphatic rings. The SMILES string of the molecule is O=C(Nc1nnc(CS(=O)(=O)c2ccccc2)o1)C1CCCN1S(=O)(=O)c1cccs1. The molecule has 0 saturated carbocycles. The van der Waals surface area contributed by atoms with Crippen LogP contribution in [0.4, 0.5) is 6.01 Å². The van der Waals surface area contributed by atoms with Gasteiger partial charge in [-0.3, -0.25) is 10.1 Å². The number of aromatic nitrogens is 2. The maximum absolute atomic E-state index is 12.8. The van der Waals surface area contributed by atoms with Crippen molar-refractivity contribution in [3.05, 3.63) is 53.7 Å². The number of hydrogen-bond donors (Lipinski definition) is 1. The molecular weight excluding hydrogens is 464 g/mol. The molecule has 1 N–H and O–H groups in total. The fourth-order valence-corrected chi connectivity index (χ4v) is 7.20. The number of amides is 1. The molecule has 1 amide bonds. The van der Waals surface area contributed by atoms with Crippen LogP contribution in [0.15, 0.2) is 61.4 Å². The number of thiophene rings is 1. The summed E-state index contributed by atoms with van der Waals surface area (Å²) in [7, 11) is -7.48. The Balaban J connectivity index is 1.45. The third-order valence-corrected chi connectivity index (χ3v) is 9.58. The summed E-state index contributed by atoms with van der Waals surface area (Å²) >= 11 is 1.08. The lowest BCUT2D eigenvalue weighted by molar-refractivity contribution is -0.119. The average Bonchev–Trinajstić information content (AvgIpc) is 3.50. The first-order chi connectivity index (χ1) is 14.8. The van der Waals surface area contributed by atoms with Crippen molar-refractivity contribution < 1.29 is 26.0 Å². The summed E-state index contributed by atoms with van der Waals surface area (Å²) in [5, 5.41) is 11.4. The lowest BCUT2D eigenvalue weighted by atomic mass is 10.2. The van der Waals surface area contributed by atoms with Crippen LogP contribution in [0.1, 0.15) is 18.7 Å². The first kappa shape index (κ1) is 21.6. The van der Waals surface area contributed by atoms with Crippen LogP contribution in [0, 0.1) is 0 Å². The van der Waals surface area contributed by atoms with Crippen molar-refractivity contribution in [1.29, 1.82) is 0 Å². The van der Waals surface area contributed by atoms with Crippen LogP contribution >= 0.6 is 11.3 Å². The summed E-state index contributed by atoms with van der Waals surface area (Å²) in [4.78, 5) is 12.8. The quantitative estimate of drug-likeness (QED) is 0.538. The second-order valence-electron chi connectivity index (χ2n) is 6.77. The van der Waals surface area contributed by atoms with Gasteiger partial charge in [0.2, 0.25) is 11.8 Å². The standard InChI is InChI=1S/C18H18N4O6S3/c23-17(14-8-4-10-22(14)31(26,27)16-9-5-11-29-16)19-18-21-20-15(28-18)12-30(24,25)13-6-2-1-3-7-13/h1-3,5-7,9,11,14H,4,8,10,12H2,(H,19,21,23). The number of carbonyl (C=O) groups excluding carboxylic acids is 1. The van der Waals surface area contributed by atoms with Gasteiger partial charge in [-0.1, -0.05) is 29.4 Å². The molecule has 1 aromatic carbocycles. The molecule has 0 radical (unpaired) electrons. The Kier molecular flexibility index (Phi) is 5.92. The van der Waals surface area contributed by atoms with Gasteiger partial charge in [0, 0.05) is 6.54 Å². The predicted molar refractivity (Wildman–Crippen MR) is 111 cm³/mol. The molecule has 3 heterocycles. The van der Waals surface area contributed by atoms with Gasteiger partial charge in [0.15, 0.2) is 9.84 Å². The summed E-state index contributed by atoms with van der Waals surface area (Å²) in [6.45, 7) is 0.225. The van der Waals surface area contributed by atoms with Gasteiger partial charge in [0.1, 0.15) is 16.0 Å². The summed E-state index contributed by atoms with van der Waals surface area (Å²) in [6, 6.07) is 9.72. The van der Waals surface area contributed by atoms with E-state index in [1.165, 1.54) is 18.2 Å². The summed E-state index contributed by atoms with van der Waals surface area (Å²) in [5.41, 5.74) is 0. The van der Waals surface area contributed by atoms with Crippen molar-refractivity contribution in [2.75, 3.05) is 11.9 Å². The maximum Gasteiger partial charge on any atom is 0.322 e. The molecule has 1 fully saturated rings. The van der Waals surface area contributed by atoms with E-state index in [1.807, 2.05) is 0 Å². The Morgan fingerprint density at radius 1 is 1.13 bits per heavy atom. The summed E-state index contributed by atoms with van der Waals surface area (Å²) < 4.78 is 57.0. The van der Waals surface area contributed by atoms with E-state index >= 15 is 0 Å². The van der Waals surface area contributed by atoms with Gasteiger partial charge in [-0.25, -0.2) is 16.8 Å². The highest BCUT2D eigenvalue weighted by atomic mass is 32.2. The number of hydrogen-bond acceptors (Lipinski definition) is 9. The van der Waals surface area contributed by atoms with E-state index in [1.54, 1.807) is 29.6 Å². The van der Waals surface area contributed by atoms with Gasteiger partial charge in [-0.2, -0.15) is 4.31 Å². The first-order valence-corrected chi connectivity index (χ1v) is 13.2. The molecule has 0 spiro atoms. The molecule has 31 heavy (non-hydrogen) atoms. The molecule has 2 aromatic heterocycles. The predicted octanol–water partition coefficient (Wildman–Crippen LogP) is 1.90. The Morgan fingerprint density at radius 3 is 2.61 bits per heavy atom. The molecule has 1 atom stereocenters. The van der Waals surface area contributed by atoms with Crippen LogP contribution in [-0.2, 0) is 30.4 Å². The Hall–Kier alpha value is -2.61. The smallest absolute Gasteiger partial charge is 0.322 e. The normalized spacial score (nSPS) is 17.6. The third-order valence-electron chi connectivity index (χ3n) is 4.68. The number of rotatable bonds is 7. The van der Waals surface area contributed by atoms with Crippen molar-refractivity contribution in [2.24, 2.45) is 0 Å². The zero-order valence-corrected chi connectivity index (χ0v) is 18.5. The molecule has 3 aromatic rings. The van der Waals surface area contributed by atoms with Gasteiger partial charge >= 0.3 is 6.01 Å². The lowest BCUT2D eigenvalue weighted by Crippen LogP contribution is -2.42. The Morgan fingerprint density at radius 2 is 1.90 bits per heavy atom. The fraction of sp³-hybridized carbons (Fsp3) is 0.278. The van der Waals surface area contributed by atoms with Crippen LogP contribution in [0.5, 0.6) is 0 Å². The van der Waals surface area contributed by atoms with Crippen LogP contribution in [0.2, 0.25) is 0 Å². The molecule has 0 aliphatic carbocycles. The molecule has 164 valence electrons. The number of anilines is 1. The van der Waals surface area contributed by atoms with E-state index < -0.39 is 37.6 Å². The second kappa shape index (κ2) is 8.49. The molecular formula is C18H18N4O6S3. The minimum Gasteiger partial charge on any atom is -0.407 e. The number of nitrogens with one attached hydrogen (secondary N) is 1. The van der Waals surface area contributed by atoms with Crippen molar-refractivity contribution in [3.63, 3.8) is 0 Å². The Labute approximate surface area is 182 Å². The van der Waals surface area contributed by atoms with E-state index in [0.717, 1.165) is 15.6 Å². The van der Waals surface area contributed by atoms with Gasteiger partial charge < -0.3 is 4.42 Å². The summed E-state index contributed by atoms with van der Waals surface area (Å²) in [6.07, 6.45) is 0.882. The summed E-state index contributed by atoms with van der Waals surface area (Å²) in [5.74, 6) is -1.32. The zero-order valence-electron chi connectivity index (χ0n) is 16.0. The van der Waals surface area contributed by atoms with E-state index in [0.29, 0.717) is 12.8 Å². The number of carbonyl (C=O) groups is 1. The number of sulfonamides is 1. The highest BCUT2D eigenvalue weighted by molar-refractivity contribution is 7.91. The Bertz CT molecular complexity index is 1270. The molecule has 1 saturated heterocycles. The topological polar surface area (TPSA) is 140 Å². The van der Waals surface area contributed by atoms with Crippen LogP contribution in [0.3, 0.4) is 0 Å². The van der Waals surface area contributed by atoms with Crippen molar-refractivity contribution >= 4 is 43.1 Å². The molecule has 4 rings (SSSR count). The molecule has 13 heteroatoms. The second-order valence-corrected chi connectivity index (χ2v) is 11.8. The van der Waals surface area contributed by atoms with Gasteiger partial charge in [-0.15, -0.1) is 16.4 Å². The molecule has 1 aliphatic heterocycles. The monoisotopic (exact) mass is 482 g/mol. The van der Waals surface area contributed by atoms with Gasteiger partial charge in [0.25, 0.3) is 10.0 Å². The first-order valence-electron chi connectivity index (χ1n) is 9.24. The van der Waals surface area contributed by atoms with Crippen LogP contribution in [0.25, 0.3) is 0 Å². The minimum absolute atomic E-state index is 0.110. The number of sulfone groups is 1. The molecule has 1 unspecified atom stereocenters. The van der Waals surface area contributed by atoms with Gasteiger partial charge in [-0.05, 0) is 36.4 Å². The third kappa shape index (κ3) is 4.54. The molecule has 10 nitrogen and oxygen atoms in total. The highest BCUT2D eigenvalue weighted by Gasteiger charge is 2.40. The number of nitrogens with zero attached hydrogens (tertiary/aromatic N) is 3. The fourth-order valence-electron chi connectivity index (χ4n) is 3.24. The van der Waals surface area contributed by atoms with Crippen LogP contribution in [-0.4, -0.2) is 49.8 Å². The van der Waals surface area contributed by atoms with Gasteiger partial charge in [0.05, 0.1) is 4.90 Å². The van der Waals surface area contributed by atoms with E-state index in [4.69, 9.17) is 4.42 Å². The van der Waals surface area contributed by atoms with E-state index in [9.17, 15) is 21.6 Å².